The molecule has 0 spiro atoms. The van der Waals surface area contributed by atoms with Crippen LogP contribution in [0.2, 0.25) is 0 Å². The van der Waals surface area contributed by atoms with Crippen LogP contribution in [0.1, 0.15) is 18.4 Å². The van der Waals surface area contributed by atoms with Gasteiger partial charge in [0.2, 0.25) is 15.8 Å². The van der Waals surface area contributed by atoms with Crippen molar-refractivity contribution in [1.29, 1.82) is 0 Å². The maximum absolute atomic E-state index is 13.5. The summed E-state index contributed by atoms with van der Waals surface area (Å²) in [6.07, 6.45) is 1.06. The lowest BCUT2D eigenvalue weighted by Gasteiger charge is -2.23. The summed E-state index contributed by atoms with van der Waals surface area (Å²) in [5.74, 6) is -1.05. The molecule has 1 saturated heterocycles. The predicted molar refractivity (Wildman–Crippen MR) is 72.0 cm³/mol. The van der Waals surface area contributed by atoms with Gasteiger partial charge in [-0.3, -0.25) is 10.1 Å². The van der Waals surface area contributed by atoms with E-state index in [4.69, 9.17) is 4.74 Å². The zero-order valence-electron chi connectivity index (χ0n) is 11.3. The summed E-state index contributed by atoms with van der Waals surface area (Å²) in [4.78, 5) is 9.52. The second kappa shape index (κ2) is 6.04. The highest BCUT2D eigenvalue weighted by Gasteiger charge is 2.27. The second-order valence-corrected chi connectivity index (χ2v) is 6.52. The molecule has 1 aromatic carbocycles. The molecule has 1 fully saturated rings. The predicted octanol–water partition coefficient (Wildman–Crippen LogP) is 1.50. The van der Waals surface area contributed by atoms with Gasteiger partial charge in [-0.15, -0.1) is 0 Å². The number of benzene rings is 1. The quantitative estimate of drug-likeness (QED) is 0.670. The van der Waals surface area contributed by atoms with Crippen molar-refractivity contribution in [1.82, 2.24) is 4.72 Å². The van der Waals surface area contributed by atoms with Gasteiger partial charge in [0, 0.05) is 25.3 Å². The Morgan fingerprint density at radius 3 is 2.57 bits per heavy atom. The molecule has 0 atom stereocenters. The summed E-state index contributed by atoms with van der Waals surface area (Å²) in [5.41, 5.74) is -0.731. The number of nitro benzene ring substituents is 1. The Morgan fingerprint density at radius 2 is 2.00 bits per heavy atom. The lowest BCUT2D eigenvalue weighted by atomic mass is 10.1. The van der Waals surface area contributed by atoms with E-state index in [-0.39, 0.29) is 16.5 Å². The molecule has 0 amide bonds. The van der Waals surface area contributed by atoms with Crippen molar-refractivity contribution in [3.8, 4) is 0 Å². The Kier molecular flexibility index (Phi) is 4.55. The normalized spacial score (nSPS) is 16.9. The smallest absolute Gasteiger partial charge is 0.306 e. The van der Waals surface area contributed by atoms with Crippen LogP contribution in [0.25, 0.3) is 0 Å². The Hall–Kier alpha value is -1.58. The molecule has 0 unspecified atom stereocenters. The second-order valence-electron chi connectivity index (χ2n) is 4.83. The summed E-state index contributed by atoms with van der Waals surface area (Å²) in [6.45, 7) is 2.30. The van der Waals surface area contributed by atoms with Crippen LogP contribution in [-0.4, -0.2) is 32.6 Å². The zero-order valence-corrected chi connectivity index (χ0v) is 12.2. The molecule has 1 aliphatic rings. The molecule has 1 N–H and O–H groups in total. The molecule has 1 aromatic rings. The molecule has 21 heavy (non-hydrogen) atoms. The third-order valence-corrected chi connectivity index (χ3v) is 4.94. The van der Waals surface area contributed by atoms with Crippen LogP contribution in [0.5, 0.6) is 0 Å². The number of rotatable bonds is 4. The van der Waals surface area contributed by atoms with E-state index in [0.29, 0.717) is 26.1 Å². The van der Waals surface area contributed by atoms with Crippen molar-refractivity contribution in [2.75, 3.05) is 13.2 Å². The van der Waals surface area contributed by atoms with Crippen molar-refractivity contribution in [3.05, 3.63) is 33.6 Å². The van der Waals surface area contributed by atoms with E-state index in [1.807, 2.05) is 0 Å². The van der Waals surface area contributed by atoms with Gasteiger partial charge in [0.15, 0.2) is 0 Å². The van der Waals surface area contributed by atoms with Crippen LogP contribution >= 0.6 is 0 Å². The van der Waals surface area contributed by atoms with Gasteiger partial charge in [0.1, 0.15) is 0 Å². The fourth-order valence-electron chi connectivity index (χ4n) is 2.17. The van der Waals surface area contributed by atoms with E-state index in [2.05, 4.69) is 4.72 Å². The molecule has 0 aromatic heterocycles. The maximum atomic E-state index is 13.5. The number of ether oxygens (including phenoxy) is 1. The number of aryl methyl sites for hydroxylation is 1. The van der Waals surface area contributed by atoms with Gasteiger partial charge in [-0.05, 0) is 31.4 Å². The minimum absolute atomic E-state index is 0.123. The molecule has 1 heterocycles. The third kappa shape index (κ3) is 3.55. The van der Waals surface area contributed by atoms with Crippen LogP contribution in [0.4, 0.5) is 10.1 Å². The molecule has 0 aliphatic carbocycles. The number of nitrogens with zero attached hydrogens (tertiary/aromatic N) is 1. The summed E-state index contributed by atoms with van der Waals surface area (Å²) >= 11 is 0. The number of nitrogens with one attached hydrogen (secondary N) is 1. The van der Waals surface area contributed by atoms with Gasteiger partial charge < -0.3 is 4.74 Å². The average molecular weight is 318 g/mol. The lowest BCUT2D eigenvalue weighted by molar-refractivity contribution is -0.387. The Labute approximate surface area is 121 Å². The fraction of sp³-hybridized carbons (Fsp3) is 0.500. The van der Waals surface area contributed by atoms with Gasteiger partial charge in [-0.25, -0.2) is 13.1 Å². The third-order valence-electron chi connectivity index (χ3n) is 3.27. The number of sulfonamides is 1. The van der Waals surface area contributed by atoms with Crippen molar-refractivity contribution < 1.29 is 22.5 Å². The van der Waals surface area contributed by atoms with E-state index in [1.165, 1.54) is 6.92 Å². The highest BCUT2D eigenvalue weighted by molar-refractivity contribution is 7.89. The van der Waals surface area contributed by atoms with Crippen molar-refractivity contribution in [3.63, 3.8) is 0 Å². The molecule has 0 saturated carbocycles. The Balaban J connectivity index is 2.34. The van der Waals surface area contributed by atoms with Gasteiger partial charge >= 0.3 is 5.69 Å². The van der Waals surface area contributed by atoms with Crippen LogP contribution in [0, 0.1) is 22.9 Å². The van der Waals surface area contributed by atoms with Crippen molar-refractivity contribution >= 4 is 15.7 Å². The Morgan fingerprint density at radius 1 is 1.38 bits per heavy atom. The van der Waals surface area contributed by atoms with Gasteiger partial charge in [0.25, 0.3) is 0 Å². The zero-order chi connectivity index (χ0) is 15.6. The van der Waals surface area contributed by atoms with E-state index < -0.39 is 26.5 Å². The van der Waals surface area contributed by atoms with E-state index >= 15 is 0 Å². The first-order valence-electron chi connectivity index (χ1n) is 6.36. The first-order valence-corrected chi connectivity index (χ1v) is 7.84. The van der Waals surface area contributed by atoms with E-state index in [9.17, 15) is 22.9 Å². The monoisotopic (exact) mass is 318 g/mol. The molecule has 0 radical (unpaired) electrons. The highest BCUT2D eigenvalue weighted by atomic mass is 32.2. The highest BCUT2D eigenvalue weighted by Crippen LogP contribution is 2.25. The molecular weight excluding hydrogens is 303 g/mol. The Bertz CT molecular complexity index is 656. The number of hydrogen-bond acceptors (Lipinski definition) is 5. The topological polar surface area (TPSA) is 98.5 Å². The van der Waals surface area contributed by atoms with Crippen LogP contribution in [-0.2, 0) is 14.8 Å². The number of hydrogen-bond donors (Lipinski definition) is 1. The molecular formula is C12H15FN2O5S. The maximum Gasteiger partial charge on any atom is 0.306 e. The minimum atomic E-state index is -3.94. The van der Waals surface area contributed by atoms with Crippen molar-refractivity contribution in [2.24, 2.45) is 0 Å². The van der Waals surface area contributed by atoms with Crippen LogP contribution < -0.4 is 4.72 Å². The molecule has 116 valence electrons. The summed E-state index contributed by atoms with van der Waals surface area (Å²) in [6, 6.07) is 1.33. The SMILES string of the molecule is Cc1cc(F)c([N+](=O)[O-])cc1S(=O)(=O)NC1CCOCC1. The average Bonchev–Trinajstić information content (AvgIpc) is 2.38. The summed E-state index contributed by atoms with van der Waals surface area (Å²) < 4.78 is 45.7. The standard InChI is InChI=1S/C12H15FN2O5S/c1-8-6-10(13)11(15(16)17)7-12(8)21(18,19)14-9-2-4-20-5-3-9/h6-7,9,14H,2-5H2,1H3. The first-order chi connectivity index (χ1) is 9.81. The first kappa shape index (κ1) is 15.8. The number of nitro groups is 1. The summed E-state index contributed by atoms with van der Waals surface area (Å²) in [7, 11) is -3.94. The molecule has 1 aliphatic heterocycles. The van der Waals surface area contributed by atoms with Gasteiger partial charge in [0.05, 0.1) is 9.82 Å². The number of halogens is 1. The molecule has 0 bridgehead atoms. The molecule has 9 heteroatoms. The van der Waals surface area contributed by atoms with Gasteiger partial charge in [-0.2, -0.15) is 4.39 Å². The van der Waals surface area contributed by atoms with E-state index in [0.717, 1.165) is 12.1 Å². The van der Waals surface area contributed by atoms with Crippen molar-refractivity contribution in [2.45, 2.75) is 30.7 Å². The summed E-state index contributed by atoms with van der Waals surface area (Å²) in [5, 5.41) is 10.7. The minimum Gasteiger partial charge on any atom is -0.381 e. The van der Waals surface area contributed by atoms with Crippen LogP contribution in [0.15, 0.2) is 17.0 Å². The van der Waals surface area contributed by atoms with Gasteiger partial charge in [-0.1, -0.05) is 0 Å². The fourth-order valence-corrected chi connectivity index (χ4v) is 3.72. The van der Waals surface area contributed by atoms with E-state index in [1.54, 1.807) is 0 Å². The largest absolute Gasteiger partial charge is 0.381 e. The molecule has 2 rings (SSSR count). The lowest BCUT2D eigenvalue weighted by Crippen LogP contribution is -2.39. The molecule has 7 nitrogen and oxygen atoms in total. The van der Waals surface area contributed by atoms with Crippen LogP contribution in [0.3, 0.4) is 0 Å².